The zero-order valence-electron chi connectivity index (χ0n) is 11.8. The Hall–Kier alpha value is -1.68. The van der Waals surface area contributed by atoms with Crippen LogP contribution in [0.5, 0.6) is 0 Å². The van der Waals surface area contributed by atoms with Crippen LogP contribution in [0.25, 0.3) is 11.3 Å². The largest absolute Gasteiger partial charge is 0.366 e. The van der Waals surface area contributed by atoms with Gasteiger partial charge < -0.3 is 5.73 Å². The third-order valence-corrected chi connectivity index (χ3v) is 3.99. The lowest BCUT2D eigenvalue weighted by Gasteiger charge is -2.22. The van der Waals surface area contributed by atoms with Crippen molar-refractivity contribution in [3.63, 3.8) is 0 Å². The van der Waals surface area contributed by atoms with Crippen LogP contribution < -0.4 is 5.73 Å². The van der Waals surface area contributed by atoms with Crippen LogP contribution in [0.3, 0.4) is 0 Å². The molecule has 3 nitrogen and oxygen atoms in total. The van der Waals surface area contributed by atoms with Crippen LogP contribution >= 0.6 is 15.9 Å². The molecule has 4 heteroatoms. The maximum atomic E-state index is 11.6. The van der Waals surface area contributed by atoms with Crippen LogP contribution in [-0.4, -0.2) is 10.9 Å². The van der Waals surface area contributed by atoms with Crippen molar-refractivity contribution in [1.29, 1.82) is 0 Å². The number of amides is 1. The lowest BCUT2D eigenvalue weighted by Crippen LogP contribution is -2.15. The van der Waals surface area contributed by atoms with E-state index in [0.717, 1.165) is 15.6 Å². The van der Waals surface area contributed by atoms with Crippen LogP contribution in [0.2, 0.25) is 0 Å². The van der Waals surface area contributed by atoms with Gasteiger partial charge in [-0.1, -0.05) is 39.0 Å². The summed E-state index contributed by atoms with van der Waals surface area (Å²) in [7, 11) is 0. The minimum atomic E-state index is -0.471. The van der Waals surface area contributed by atoms with Gasteiger partial charge in [0.25, 0.3) is 5.91 Å². The van der Waals surface area contributed by atoms with E-state index in [1.807, 2.05) is 12.1 Å². The van der Waals surface area contributed by atoms with Gasteiger partial charge in [0.1, 0.15) is 0 Å². The van der Waals surface area contributed by atoms with E-state index in [-0.39, 0.29) is 5.41 Å². The van der Waals surface area contributed by atoms with Gasteiger partial charge in [0.15, 0.2) is 0 Å². The standard InChI is InChI=1S/C16H17BrN2O/c1-16(2,3)12-8-4-6-10(13(12)17)14-11(15(18)20)7-5-9-19-14/h4-9H,1-3H3,(H2,18,20). The third-order valence-electron chi connectivity index (χ3n) is 3.14. The van der Waals surface area contributed by atoms with Crippen molar-refractivity contribution in [2.45, 2.75) is 26.2 Å². The fourth-order valence-electron chi connectivity index (χ4n) is 2.11. The van der Waals surface area contributed by atoms with Crippen molar-refractivity contribution in [2.24, 2.45) is 5.73 Å². The summed E-state index contributed by atoms with van der Waals surface area (Å²) in [5, 5.41) is 0. The smallest absolute Gasteiger partial charge is 0.250 e. The number of nitrogens with zero attached hydrogens (tertiary/aromatic N) is 1. The average Bonchev–Trinajstić information content (AvgIpc) is 2.37. The van der Waals surface area contributed by atoms with E-state index in [1.54, 1.807) is 18.3 Å². The summed E-state index contributed by atoms with van der Waals surface area (Å²) in [6, 6.07) is 9.39. The van der Waals surface area contributed by atoms with Gasteiger partial charge in [-0.15, -0.1) is 0 Å². The second-order valence-electron chi connectivity index (χ2n) is 5.68. The topological polar surface area (TPSA) is 56.0 Å². The Labute approximate surface area is 127 Å². The molecule has 0 atom stereocenters. The maximum Gasteiger partial charge on any atom is 0.250 e. The van der Waals surface area contributed by atoms with Gasteiger partial charge in [-0.3, -0.25) is 9.78 Å². The molecule has 104 valence electrons. The van der Waals surface area contributed by atoms with Gasteiger partial charge in [0, 0.05) is 16.2 Å². The van der Waals surface area contributed by atoms with Crippen molar-refractivity contribution in [3.05, 3.63) is 52.1 Å². The Balaban J connectivity index is 2.69. The highest BCUT2D eigenvalue weighted by Gasteiger charge is 2.21. The van der Waals surface area contributed by atoms with Crippen molar-refractivity contribution < 1.29 is 4.79 Å². The molecule has 0 aliphatic rings. The van der Waals surface area contributed by atoms with Gasteiger partial charge >= 0.3 is 0 Å². The zero-order valence-corrected chi connectivity index (χ0v) is 13.4. The molecule has 0 bridgehead atoms. The zero-order chi connectivity index (χ0) is 14.9. The van der Waals surface area contributed by atoms with Gasteiger partial charge in [-0.25, -0.2) is 0 Å². The normalized spacial score (nSPS) is 11.4. The van der Waals surface area contributed by atoms with E-state index < -0.39 is 5.91 Å². The van der Waals surface area contributed by atoms with Crippen molar-refractivity contribution in [3.8, 4) is 11.3 Å². The number of halogens is 1. The number of carbonyl (C=O) groups is 1. The highest BCUT2D eigenvalue weighted by Crippen LogP contribution is 2.37. The molecule has 0 radical (unpaired) electrons. The predicted octanol–water partition coefficient (Wildman–Crippen LogP) is 3.91. The quantitative estimate of drug-likeness (QED) is 0.906. The summed E-state index contributed by atoms with van der Waals surface area (Å²) in [4.78, 5) is 15.9. The Morgan fingerprint density at radius 1 is 1.20 bits per heavy atom. The van der Waals surface area contributed by atoms with Crippen LogP contribution in [0.15, 0.2) is 41.0 Å². The first-order valence-electron chi connectivity index (χ1n) is 6.36. The van der Waals surface area contributed by atoms with Gasteiger partial charge in [0.05, 0.1) is 11.3 Å². The van der Waals surface area contributed by atoms with Crippen molar-refractivity contribution >= 4 is 21.8 Å². The Kier molecular flexibility index (Phi) is 3.95. The van der Waals surface area contributed by atoms with E-state index in [4.69, 9.17) is 5.73 Å². The van der Waals surface area contributed by atoms with Gasteiger partial charge in [-0.2, -0.15) is 0 Å². The molecule has 20 heavy (non-hydrogen) atoms. The molecule has 2 N–H and O–H groups in total. The van der Waals surface area contributed by atoms with Gasteiger partial charge in [0.2, 0.25) is 0 Å². The molecule has 2 rings (SSSR count). The number of benzene rings is 1. The Morgan fingerprint density at radius 2 is 1.90 bits per heavy atom. The molecule has 0 spiro atoms. The summed E-state index contributed by atoms with van der Waals surface area (Å²) in [6.45, 7) is 6.43. The molecule has 0 unspecified atom stereocenters. The van der Waals surface area contributed by atoms with Crippen LogP contribution in [0.4, 0.5) is 0 Å². The predicted molar refractivity (Wildman–Crippen MR) is 84.6 cm³/mol. The average molecular weight is 333 g/mol. The molecule has 2 aromatic rings. The van der Waals surface area contributed by atoms with Crippen molar-refractivity contribution in [1.82, 2.24) is 4.98 Å². The van der Waals surface area contributed by atoms with E-state index in [2.05, 4.69) is 47.8 Å². The number of nitrogens with two attached hydrogens (primary N) is 1. The summed E-state index contributed by atoms with van der Waals surface area (Å²) in [5.41, 5.74) is 8.51. The van der Waals surface area contributed by atoms with Crippen molar-refractivity contribution in [2.75, 3.05) is 0 Å². The second-order valence-corrected chi connectivity index (χ2v) is 6.47. The molecule has 0 aliphatic heterocycles. The molecule has 0 aliphatic carbocycles. The number of primary amides is 1. The molecule has 1 amide bonds. The number of pyridine rings is 1. The number of rotatable bonds is 2. The Bertz CT molecular complexity index is 660. The lowest BCUT2D eigenvalue weighted by atomic mass is 9.85. The van der Waals surface area contributed by atoms with Gasteiger partial charge in [-0.05, 0) is 39.0 Å². The van der Waals surface area contributed by atoms with E-state index in [0.29, 0.717) is 11.3 Å². The number of hydrogen-bond donors (Lipinski definition) is 1. The maximum absolute atomic E-state index is 11.6. The van der Waals surface area contributed by atoms with Crippen LogP contribution in [-0.2, 0) is 5.41 Å². The number of carbonyl (C=O) groups excluding carboxylic acids is 1. The van der Waals surface area contributed by atoms with Crippen LogP contribution in [0.1, 0.15) is 36.7 Å². The SMILES string of the molecule is CC(C)(C)c1cccc(-c2ncccc2C(N)=O)c1Br. The molecule has 0 fully saturated rings. The highest BCUT2D eigenvalue weighted by atomic mass is 79.9. The lowest BCUT2D eigenvalue weighted by molar-refractivity contribution is 0.100. The monoisotopic (exact) mass is 332 g/mol. The van der Waals surface area contributed by atoms with E-state index in [1.165, 1.54) is 0 Å². The summed E-state index contributed by atoms with van der Waals surface area (Å²) >= 11 is 3.64. The first kappa shape index (κ1) is 14.7. The van der Waals surface area contributed by atoms with Crippen LogP contribution in [0, 0.1) is 0 Å². The second kappa shape index (κ2) is 5.37. The molecule has 1 aromatic heterocycles. The highest BCUT2D eigenvalue weighted by molar-refractivity contribution is 9.10. The van der Waals surface area contributed by atoms with E-state index in [9.17, 15) is 4.79 Å². The summed E-state index contributed by atoms with van der Waals surface area (Å²) in [6.07, 6.45) is 1.66. The molecule has 1 heterocycles. The molecule has 1 aromatic carbocycles. The third kappa shape index (κ3) is 2.75. The number of hydrogen-bond acceptors (Lipinski definition) is 2. The summed E-state index contributed by atoms with van der Waals surface area (Å²) < 4.78 is 0.953. The minimum Gasteiger partial charge on any atom is -0.366 e. The fraction of sp³-hybridized carbons (Fsp3) is 0.250. The Morgan fingerprint density at radius 3 is 2.50 bits per heavy atom. The molecular formula is C16H17BrN2O. The summed E-state index contributed by atoms with van der Waals surface area (Å²) in [5.74, 6) is -0.471. The minimum absolute atomic E-state index is 0.00346. The molecule has 0 saturated carbocycles. The fourth-order valence-corrected chi connectivity index (χ4v) is 3.16. The van der Waals surface area contributed by atoms with E-state index >= 15 is 0 Å². The molecule has 0 saturated heterocycles. The molecular weight excluding hydrogens is 316 g/mol. The number of aromatic nitrogens is 1. The first-order chi connectivity index (χ1) is 9.32. The first-order valence-corrected chi connectivity index (χ1v) is 7.16.